The molecule has 0 bridgehead atoms. The van der Waals surface area contributed by atoms with Crippen molar-refractivity contribution in [3.8, 4) is 0 Å². The van der Waals surface area contributed by atoms with Crippen molar-refractivity contribution in [3.05, 3.63) is 34.9 Å². The van der Waals surface area contributed by atoms with Crippen LogP contribution in [0.2, 0.25) is 5.02 Å². The molecule has 1 aliphatic carbocycles. The first kappa shape index (κ1) is 19.7. The summed E-state index contributed by atoms with van der Waals surface area (Å²) in [5, 5.41) is 6.06. The lowest BCUT2D eigenvalue weighted by Gasteiger charge is -2.21. The van der Waals surface area contributed by atoms with Crippen LogP contribution in [0.15, 0.2) is 24.3 Å². The molecule has 0 aromatic heterocycles. The smallest absolute Gasteiger partial charge is 0.251 e. The first-order valence-corrected chi connectivity index (χ1v) is 10.7. The molecule has 25 heavy (non-hydrogen) atoms. The van der Waals surface area contributed by atoms with E-state index in [9.17, 15) is 18.0 Å². The van der Waals surface area contributed by atoms with E-state index in [2.05, 4.69) is 10.6 Å². The Labute approximate surface area is 153 Å². The van der Waals surface area contributed by atoms with Crippen molar-refractivity contribution >= 4 is 33.3 Å². The van der Waals surface area contributed by atoms with Gasteiger partial charge in [0, 0.05) is 22.9 Å². The number of sulfone groups is 1. The Morgan fingerprint density at radius 1 is 1.20 bits per heavy atom. The quantitative estimate of drug-likeness (QED) is 0.748. The number of rotatable bonds is 7. The minimum atomic E-state index is -3.23. The van der Waals surface area contributed by atoms with Crippen LogP contribution in [-0.2, 0) is 14.6 Å². The zero-order valence-electron chi connectivity index (χ0n) is 14.1. The molecule has 1 saturated carbocycles. The SMILES string of the molecule is CS(=O)(=O)CC[C@@H](NC(=O)c1ccc(Cl)cc1)C(=O)NC1CCCC1. The predicted molar refractivity (Wildman–Crippen MR) is 97.4 cm³/mol. The van der Waals surface area contributed by atoms with E-state index in [1.165, 1.54) is 0 Å². The molecule has 1 aliphatic rings. The second-order valence-electron chi connectivity index (χ2n) is 6.44. The number of carbonyl (C=O) groups excluding carboxylic acids is 2. The van der Waals surface area contributed by atoms with E-state index < -0.39 is 21.8 Å². The van der Waals surface area contributed by atoms with E-state index in [1.807, 2.05) is 0 Å². The van der Waals surface area contributed by atoms with Crippen LogP contribution in [0.1, 0.15) is 42.5 Å². The minimum absolute atomic E-state index is 0.0384. The molecule has 1 aromatic rings. The van der Waals surface area contributed by atoms with Gasteiger partial charge in [0.2, 0.25) is 5.91 Å². The van der Waals surface area contributed by atoms with Crippen molar-refractivity contribution in [2.45, 2.75) is 44.2 Å². The van der Waals surface area contributed by atoms with Crippen LogP contribution in [0, 0.1) is 0 Å². The van der Waals surface area contributed by atoms with Gasteiger partial charge in [-0.2, -0.15) is 0 Å². The summed E-state index contributed by atoms with van der Waals surface area (Å²) in [5.41, 5.74) is 0.363. The van der Waals surface area contributed by atoms with Crippen LogP contribution in [0.25, 0.3) is 0 Å². The Hall–Kier alpha value is -1.60. The summed E-state index contributed by atoms with van der Waals surface area (Å²) in [7, 11) is -3.23. The molecule has 1 atom stereocenters. The van der Waals surface area contributed by atoms with Crippen LogP contribution < -0.4 is 10.6 Å². The lowest BCUT2D eigenvalue weighted by atomic mass is 10.1. The molecular weight excluding hydrogens is 364 g/mol. The fourth-order valence-corrected chi connectivity index (χ4v) is 3.61. The second-order valence-corrected chi connectivity index (χ2v) is 9.14. The largest absolute Gasteiger partial charge is 0.352 e. The third-order valence-corrected chi connectivity index (χ3v) is 5.44. The van der Waals surface area contributed by atoms with E-state index in [4.69, 9.17) is 11.6 Å². The normalized spacial score (nSPS) is 16.4. The molecule has 6 nitrogen and oxygen atoms in total. The fraction of sp³-hybridized carbons (Fsp3) is 0.529. The molecule has 0 radical (unpaired) electrons. The monoisotopic (exact) mass is 386 g/mol. The Morgan fingerprint density at radius 3 is 2.36 bits per heavy atom. The summed E-state index contributed by atoms with van der Waals surface area (Å²) in [4.78, 5) is 24.8. The Balaban J connectivity index is 2.05. The molecule has 0 spiro atoms. The van der Waals surface area contributed by atoms with Gasteiger partial charge in [0.1, 0.15) is 15.9 Å². The molecule has 0 aliphatic heterocycles. The zero-order chi connectivity index (χ0) is 18.4. The number of carbonyl (C=O) groups is 2. The van der Waals surface area contributed by atoms with Gasteiger partial charge in [-0.05, 0) is 43.5 Å². The van der Waals surface area contributed by atoms with Gasteiger partial charge in [-0.15, -0.1) is 0 Å². The van der Waals surface area contributed by atoms with E-state index >= 15 is 0 Å². The van der Waals surface area contributed by atoms with Crippen LogP contribution in [-0.4, -0.2) is 44.3 Å². The van der Waals surface area contributed by atoms with Gasteiger partial charge < -0.3 is 10.6 Å². The van der Waals surface area contributed by atoms with Crippen LogP contribution in [0.4, 0.5) is 0 Å². The summed E-state index contributed by atoms with van der Waals surface area (Å²) in [6.45, 7) is 0. The van der Waals surface area contributed by atoms with E-state index in [1.54, 1.807) is 24.3 Å². The molecule has 0 saturated heterocycles. The minimum Gasteiger partial charge on any atom is -0.352 e. The molecule has 2 N–H and O–H groups in total. The van der Waals surface area contributed by atoms with Crippen molar-refractivity contribution in [1.82, 2.24) is 10.6 Å². The molecule has 1 fully saturated rings. The molecule has 138 valence electrons. The number of hydrogen-bond donors (Lipinski definition) is 2. The molecule has 2 amide bonds. The maximum atomic E-state index is 12.5. The van der Waals surface area contributed by atoms with Gasteiger partial charge in [0.05, 0.1) is 5.75 Å². The molecule has 2 rings (SSSR count). The number of amides is 2. The Kier molecular flexibility index (Phi) is 6.84. The molecule has 8 heteroatoms. The Bertz CT molecular complexity index is 713. The first-order chi connectivity index (χ1) is 11.7. The van der Waals surface area contributed by atoms with E-state index in [-0.39, 0.29) is 24.1 Å². The van der Waals surface area contributed by atoms with Crippen LogP contribution in [0.5, 0.6) is 0 Å². The maximum Gasteiger partial charge on any atom is 0.251 e. The highest BCUT2D eigenvalue weighted by atomic mass is 35.5. The summed E-state index contributed by atoms with van der Waals surface area (Å²) in [6, 6.07) is 5.49. The molecule has 1 aromatic carbocycles. The van der Waals surface area contributed by atoms with Gasteiger partial charge in [0.15, 0.2) is 0 Å². The number of nitrogens with one attached hydrogen (secondary N) is 2. The van der Waals surface area contributed by atoms with Crippen molar-refractivity contribution in [3.63, 3.8) is 0 Å². The molecular formula is C17H23ClN2O4S. The van der Waals surface area contributed by atoms with Crippen molar-refractivity contribution in [2.75, 3.05) is 12.0 Å². The zero-order valence-corrected chi connectivity index (χ0v) is 15.7. The Morgan fingerprint density at radius 2 is 1.80 bits per heavy atom. The van der Waals surface area contributed by atoms with Crippen LogP contribution in [0.3, 0.4) is 0 Å². The number of hydrogen-bond acceptors (Lipinski definition) is 4. The highest BCUT2D eigenvalue weighted by molar-refractivity contribution is 7.90. The van der Waals surface area contributed by atoms with Gasteiger partial charge in [0.25, 0.3) is 5.91 Å². The van der Waals surface area contributed by atoms with Gasteiger partial charge in [-0.3, -0.25) is 9.59 Å². The predicted octanol–water partition coefficient (Wildman–Crippen LogP) is 1.93. The summed E-state index contributed by atoms with van der Waals surface area (Å²) in [6.07, 6.45) is 5.11. The summed E-state index contributed by atoms with van der Waals surface area (Å²) < 4.78 is 22.9. The fourth-order valence-electron chi connectivity index (χ4n) is 2.82. The highest BCUT2D eigenvalue weighted by Crippen LogP contribution is 2.18. The van der Waals surface area contributed by atoms with Gasteiger partial charge >= 0.3 is 0 Å². The molecule has 0 heterocycles. The van der Waals surface area contributed by atoms with E-state index in [0.29, 0.717) is 10.6 Å². The lowest BCUT2D eigenvalue weighted by molar-refractivity contribution is -0.123. The highest BCUT2D eigenvalue weighted by Gasteiger charge is 2.26. The summed E-state index contributed by atoms with van der Waals surface area (Å²) >= 11 is 5.81. The van der Waals surface area contributed by atoms with Gasteiger partial charge in [-0.25, -0.2) is 8.42 Å². The molecule has 0 unspecified atom stereocenters. The third kappa shape index (κ3) is 6.66. The van der Waals surface area contributed by atoms with Crippen molar-refractivity contribution < 1.29 is 18.0 Å². The second kappa shape index (κ2) is 8.67. The summed E-state index contributed by atoms with van der Waals surface area (Å²) in [5.74, 6) is -0.939. The number of benzene rings is 1. The lowest BCUT2D eigenvalue weighted by Crippen LogP contribution is -2.49. The number of halogens is 1. The maximum absolute atomic E-state index is 12.5. The van der Waals surface area contributed by atoms with Crippen molar-refractivity contribution in [1.29, 1.82) is 0 Å². The third-order valence-electron chi connectivity index (χ3n) is 4.21. The van der Waals surface area contributed by atoms with Crippen LogP contribution >= 0.6 is 11.6 Å². The standard InChI is InChI=1S/C17H23ClN2O4S/c1-25(23,24)11-10-15(17(22)19-14-4-2-3-5-14)20-16(21)12-6-8-13(18)9-7-12/h6-9,14-15H,2-5,10-11H2,1H3,(H,19,22)(H,20,21)/t15-/m1/s1. The average Bonchev–Trinajstić information content (AvgIpc) is 3.03. The average molecular weight is 387 g/mol. The first-order valence-electron chi connectivity index (χ1n) is 8.29. The van der Waals surface area contributed by atoms with Gasteiger partial charge in [-0.1, -0.05) is 24.4 Å². The topological polar surface area (TPSA) is 92.3 Å². The van der Waals surface area contributed by atoms with E-state index in [0.717, 1.165) is 31.9 Å². The van der Waals surface area contributed by atoms with Crippen molar-refractivity contribution in [2.24, 2.45) is 0 Å².